The van der Waals surface area contributed by atoms with Crippen LogP contribution in [-0.2, 0) is 5.41 Å². The average molecular weight is 464 g/mol. The lowest BCUT2D eigenvalue weighted by Crippen LogP contribution is -2.14. The molecular weight excluding hydrogens is 442 g/mol. The third kappa shape index (κ3) is 2.55. The third-order valence-corrected chi connectivity index (χ3v) is 7.31. The first-order valence-electron chi connectivity index (χ1n) is 10.6. The third-order valence-electron chi connectivity index (χ3n) is 6.82. The molecular formula is C29H22BrN. The highest BCUT2D eigenvalue weighted by atomic mass is 79.9. The quantitative estimate of drug-likeness (QED) is 0.247. The largest absolute Gasteiger partial charge is 0.309 e. The molecule has 1 aromatic heterocycles. The van der Waals surface area contributed by atoms with Crippen molar-refractivity contribution in [3.63, 3.8) is 0 Å². The van der Waals surface area contributed by atoms with Crippen molar-refractivity contribution >= 4 is 43.8 Å². The van der Waals surface area contributed by atoms with E-state index in [2.05, 4.69) is 120 Å². The maximum Gasteiger partial charge on any atom is 0.0544 e. The summed E-state index contributed by atoms with van der Waals surface area (Å²) in [5.41, 5.74) is 10.3. The summed E-state index contributed by atoms with van der Waals surface area (Å²) >= 11 is 3.69. The summed E-state index contributed by atoms with van der Waals surface area (Å²) in [6.07, 6.45) is 1.89. The lowest BCUT2D eigenvalue weighted by molar-refractivity contribution is 0.661. The minimum atomic E-state index is -0.0192. The summed E-state index contributed by atoms with van der Waals surface area (Å²) in [4.78, 5) is 0. The fraction of sp³-hybridized carbons (Fsp3) is 0.103. The predicted molar refractivity (Wildman–Crippen MR) is 136 cm³/mol. The van der Waals surface area contributed by atoms with Gasteiger partial charge in [0, 0.05) is 26.3 Å². The van der Waals surface area contributed by atoms with Crippen LogP contribution in [0.4, 0.5) is 0 Å². The number of benzene rings is 4. The fourth-order valence-corrected chi connectivity index (χ4v) is 5.58. The van der Waals surface area contributed by atoms with E-state index in [1.165, 1.54) is 49.7 Å². The van der Waals surface area contributed by atoms with Crippen molar-refractivity contribution < 1.29 is 0 Å². The summed E-state index contributed by atoms with van der Waals surface area (Å²) in [5, 5.41) is 2.55. The summed E-state index contributed by atoms with van der Waals surface area (Å²) in [5.74, 6) is 0. The molecule has 6 rings (SSSR count). The molecule has 1 nitrogen and oxygen atoms in total. The molecule has 0 spiro atoms. The highest BCUT2D eigenvalue weighted by Gasteiger charge is 2.36. The Kier molecular flexibility index (Phi) is 3.88. The number of rotatable bonds is 2. The maximum atomic E-state index is 3.90. The van der Waals surface area contributed by atoms with Crippen molar-refractivity contribution in [3.05, 3.63) is 107 Å². The molecule has 0 saturated heterocycles. The van der Waals surface area contributed by atoms with Gasteiger partial charge in [-0.15, -0.1) is 0 Å². The molecule has 0 fully saturated rings. The van der Waals surface area contributed by atoms with Crippen LogP contribution in [0.15, 0.2) is 89.9 Å². The van der Waals surface area contributed by atoms with E-state index in [0.717, 1.165) is 10.0 Å². The van der Waals surface area contributed by atoms with Crippen molar-refractivity contribution in [1.82, 2.24) is 4.57 Å². The Morgan fingerprint density at radius 3 is 2.29 bits per heavy atom. The van der Waals surface area contributed by atoms with E-state index >= 15 is 0 Å². The number of hydrogen-bond acceptors (Lipinski definition) is 0. The Balaban J connectivity index is 1.75. The molecule has 0 radical (unpaired) electrons. The molecule has 0 unspecified atom stereocenters. The monoisotopic (exact) mass is 463 g/mol. The van der Waals surface area contributed by atoms with Crippen LogP contribution in [0, 0.1) is 0 Å². The molecule has 5 aromatic rings. The number of hydrogen-bond donors (Lipinski definition) is 0. The number of halogens is 1. The first kappa shape index (κ1) is 18.7. The first-order chi connectivity index (χ1) is 15.0. The molecule has 0 amide bonds. The van der Waals surface area contributed by atoms with E-state index in [4.69, 9.17) is 0 Å². The van der Waals surface area contributed by atoms with E-state index in [9.17, 15) is 0 Å². The van der Waals surface area contributed by atoms with Crippen LogP contribution in [0.2, 0.25) is 0 Å². The highest BCUT2D eigenvalue weighted by Crippen LogP contribution is 2.51. The zero-order valence-electron chi connectivity index (χ0n) is 17.6. The van der Waals surface area contributed by atoms with E-state index in [0.29, 0.717) is 0 Å². The van der Waals surface area contributed by atoms with Gasteiger partial charge in [-0.3, -0.25) is 0 Å². The second kappa shape index (κ2) is 6.45. The van der Waals surface area contributed by atoms with Crippen LogP contribution in [0.3, 0.4) is 0 Å². The normalized spacial score (nSPS) is 14.0. The van der Waals surface area contributed by atoms with Gasteiger partial charge in [-0.25, -0.2) is 0 Å². The fourth-order valence-electron chi connectivity index (χ4n) is 5.22. The molecule has 1 aliphatic carbocycles. The molecule has 2 heteroatoms. The van der Waals surface area contributed by atoms with Gasteiger partial charge >= 0.3 is 0 Å². The zero-order chi connectivity index (χ0) is 21.3. The van der Waals surface area contributed by atoms with Gasteiger partial charge in [0.15, 0.2) is 0 Å². The Bertz CT molecular complexity index is 1520. The Morgan fingerprint density at radius 2 is 1.52 bits per heavy atom. The summed E-state index contributed by atoms with van der Waals surface area (Å²) in [7, 11) is 0. The van der Waals surface area contributed by atoms with E-state index in [1.807, 2.05) is 6.08 Å². The van der Waals surface area contributed by atoms with Crippen LogP contribution in [-0.4, -0.2) is 4.57 Å². The molecule has 31 heavy (non-hydrogen) atoms. The van der Waals surface area contributed by atoms with Gasteiger partial charge < -0.3 is 4.57 Å². The standard InChI is InChI=1S/C29H22BrN/c1-4-18-9-12-20(13-10-18)31-27-14-11-19(30)15-23(27)24-16-22-21-7-5-6-8-25(21)29(2,3)26(22)17-28(24)31/h4-17H,1H2,2-3H3. The molecule has 4 aromatic carbocycles. The van der Waals surface area contributed by atoms with Crippen molar-refractivity contribution in [2.45, 2.75) is 19.3 Å². The van der Waals surface area contributed by atoms with Gasteiger partial charge in [0.25, 0.3) is 0 Å². The van der Waals surface area contributed by atoms with Gasteiger partial charge in [-0.2, -0.15) is 0 Å². The molecule has 1 heterocycles. The van der Waals surface area contributed by atoms with Crippen LogP contribution >= 0.6 is 15.9 Å². The molecule has 0 atom stereocenters. The first-order valence-corrected chi connectivity index (χ1v) is 11.4. The Morgan fingerprint density at radius 1 is 0.774 bits per heavy atom. The Hall–Kier alpha value is -3.10. The minimum absolute atomic E-state index is 0.0192. The molecule has 0 N–H and O–H groups in total. The van der Waals surface area contributed by atoms with E-state index in [1.54, 1.807) is 0 Å². The van der Waals surface area contributed by atoms with E-state index < -0.39 is 0 Å². The number of nitrogens with zero attached hydrogens (tertiary/aromatic N) is 1. The number of fused-ring (bicyclic) bond motifs is 6. The molecule has 150 valence electrons. The summed E-state index contributed by atoms with van der Waals surface area (Å²) < 4.78 is 3.49. The second-order valence-corrected chi connectivity index (χ2v) is 9.79. The molecule has 1 aliphatic rings. The lowest BCUT2D eigenvalue weighted by Gasteiger charge is -2.21. The van der Waals surface area contributed by atoms with Gasteiger partial charge in [0.05, 0.1) is 11.0 Å². The molecule has 0 saturated carbocycles. The van der Waals surface area contributed by atoms with Gasteiger partial charge in [0.1, 0.15) is 0 Å². The SMILES string of the molecule is C=Cc1ccc(-n2c3ccc(Br)cc3c3cc4c(cc32)C(C)(C)c2ccccc2-4)cc1. The van der Waals surface area contributed by atoms with Crippen molar-refractivity contribution in [3.8, 4) is 16.8 Å². The minimum Gasteiger partial charge on any atom is -0.309 e. The predicted octanol–water partition coefficient (Wildman–Crippen LogP) is 8.50. The average Bonchev–Trinajstić information content (AvgIpc) is 3.22. The zero-order valence-corrected chi connectivity index (χ0v) is 19.2. The molecule has 0 bridgehead atoms. The van der Waals surface area contributed by atoms with Crippen LogP contribution in [0.1, 0.15) is 30.5 Å². The van der Waals surface area contributed by atoms with Crippen molar-refractivity contribution in [1.29, 1.82) is 0 Å². The lowest BCUT2D eigenvalue weighted by atomic mass is 9.82. The van der Waals surface area contributed by atoms with E-state index in [-0.39, 0.29) is 5.41 Å². The van der Waals surface area contributed by atoms with Crippen LogP contribution in [0.25, 0.3) is 44.7 Å². The summed E-state index contributed by atoms with van der Waals surface area (Å²) in [6.45, 7) is 8.57. The summed E-state index contributed by atoms with van der Waals surface area (Å²) in [6, 6.07) is 28.9. The Labute approximate surface area is 190 Å². The van der Waals surface area contributed by atoms with Gasteiger partial charge in [-0.1, -0.05) is 78.8 Å². The van der Waals surface area contributed by atoms with Crippen molar-refractivity contribution in [2.75, 3.05) is 0 Å². The number of aromatic nitrogens is 1. The van der Waals surface area contributed by atoms with Gasteiger partial charge in [-0.05, 0) is 70.3 Å². The maximum absolute atomic E-state index is 3.90. The van der Waals surface area contributed by atoms with Crippen molar-refractivity contribution in [2.24, 2.45) is 0 Å². The van der Waals surface area contributed by atoms with Gasteiger partial charge in [0.2, 0.25) is 0 Å². The smallest absolute Gasteiger partial charge is 0.0544 e. The second-order valence-electron chi connectivity index (χ2n) is 8.88. The van der Waals surface area contributed by atoms with Crippen LogP contribution in [0.5, 0.6) is 0 Å². The van der Waals surface area contributed by atoms with Crippen LogP contribution < -0.4 is 0 Å². The highest BCUT2D eigenvalue weighted by molar-refractivity contribution is 9.10. The molecule has 0 aliphatic heterocycles. The topological polar surface area (TPSA) is 4.93 Å².